The van der Waals surface area contributed by atoms with Crippen molar-refractivity contribution in [2.24, 2.45) is 11.3 Å². The van der Waals surface area contributed by atoms with Gasteiger partial charge in [0.2, 0.25) is 0 Å². The lowest BCUT2D eigenvalue weighted by Crippen LogP contribution is -2.20. The molecule has 0 aliphatic heterocycles. The molecule has 1 unspecified atom stereocenters. The number of carbonyl (C=O) groups excluding carboxylic acids is 2. The van der Waals surface area contributed by atoms with Crippen molar-refractivity contribution in [2.75, 3.05) is 13.7 Å². The van der Waals surface area contributed by atoms with Crippen LogP contribution < -0.4 is 0 Å². The predicted molar refractivity (Wildman–Crippen MR) is 94.8 cm³/mol. The van der Waals surface area contributed by atoms with Gasteiger partial charge in [-0.2, -0.15) is 0 Å². The van der Waals surface area contributed by atoms with Crippen LogP contribution in [0.3, 0.4) is 0 Å². The van der Waals surface area contributed by atoms with E-state index in [2.05, 4.69) is 4.74 Å². The Kier molecular flexibility index (Phi) is 6.77. The number of ether oxygens (including phenoxy) is 2. The van der Waals surface area contributed by atoms with Crippen LogP contribution in [0.2, 0.25) is 0 Å². The van der Waals surface area contributed by atoms with E-state index in [1.807, 2.05) is 0 Å². The Morgan fingerprint density at radius 3 is 2.35 bits per heavy atom. The topological polar surface area (TPSA) is 89.9 Å². The standard InChI is InChI=1S/C20H26O6/c1-3-26-17(21)13-20(10-11-20)9-8-16(18(22)23)12-14-4-6-15(7-5-14)19(24)25-2/h4-7,16H,3,8-13H2,1-2H3,(H,22,23). The Morgan fingerprint density at radius 1 is 1.19 bits per heavy atom. The van der Waals surface area contributed by atoms with E-state index in [4.69, 9.17) is 4.74 Å². The van der Waals surface area contributed by atoms with E-state index in [-0.39, 0.29) is 11.4 Å². The van der Waals surface area contributed by atoms with Gasteiger partial charge in [-0.25, -0.2) is 4.79 Å². The van der Waals surface area contributed by atoms with Crippen molar-refractivity contribution in [3.63, 3.8) is 0 Å². The molecule has 1 atom stereocenters. The number of carboxylic acids is 1. The Hall–Kier alpha value is -2.37. The van der Waals surface area contributed by atoms with Gasteiger partial charge >= 0.3 is 17.9 Å². The fraction of sp³-hybridized carbons (Fsp3) is 0.550. The van der Waals surface area contributed by atoms with Crippen LogP contribution in [0.15, 0.2) is 24.3 Å². The van der Waals surface area contributed by atoms with E-state index in [0.29, 0.717) is 37.9 Å². The molecule has 1 N–H and O–H groups in total. The molecule has 0 saturated heterocycles. The third-order valence-electron chi connectivity index (χ3n) is 5.01. The molecule has 26 heavy (non-hydrogen) atoms. The Morgan fingerprint density at radius 2 is 1.85 bits per heavy atom. The number of methoxy groups -OCH3 is 1. The fourth-order valence-corrected chi connectivity index (χ4v) is 3.18. The number of rotatable bonds is 10. The van der Waals surface area contributed by atoms with Gasteiger partial charge in [0.1, 0.15) is 0 Å². The number of carbonyl (C=O) groups is 3. The highest BCUT2D eigenvalue weighted by Gasteiger charge is 2.44. The fourth-order valence-electron chi connectivity index (χ4n) is 3.18. The van der Waals surface area contributed by atoms with Crippen molar-refractivity contribution in [3.8, 4) is 0 Å². The van der Waals surface area contributed by atoms with E-state index < -0.39 is 17.9 Å². The average Bonchev–Trinajstić information content (AvgIpc) is 3.37. The molecule has 1 aromatic carbocycles. The summed E-state index contributed by atoms with van der Waals surface area (Å²) >= 11 is 0. The third-order valence-corrected chi connectivity index (χ3v) is 5.01. The summed E-state index contributed by atoms with van der Waals surface area (Å²) in [4.78, 5) is 34.8. The number of esters is 2. The Balaban J connectivity index is 1.92. The van der Waals surface area contributed by atoms with Crippen molar-refractivity contribution in [1.29, 1.82) is 0 Å². The molecule has 1 fully saturated rings. The molecule has 1 saturated carbocycles. The highest BCUT2D eigenvalue weighted by Crippen LogP contribution is 2.53. The van der Waals surface area contributed by atoms with Gasteiger partial charge in [-0.05, 0) is 62.1 Å². The van der Waals surface area contributed by atoms with Gasteiger partial charge in [-0.15, -0.1) is 0 Å². The molecule has 0 bridgehead atoms. The lowest BCUT2D eigenvalue weighted by atomic mass is 9.88. The molecule has 6 nitrogen and oxygen atoms in total. The zero-order valence-corrected chi connectivity index (χ0v) is 15.3. The smallest absolute Gasteiger partial charge is 0.337 e. The summed E-state index contributed by atoms with van der Waals surface area (Å²) in [6.45, 7) is 2.15. The summed E-state index contributed by atoms with van der Waals surface area (Å²) < 4.78 is 9.67. The zero-order valence-electron chi connectivity index (χ0n) is 15.3. The van der Waals surface area contributed by atoms with E-state index in [0.717, 1.165) is 18.4 Å². The van der Waals surface area contributed by atoms with Crippen molar-refractivity contribution in [3.05, 3.63) is 35.4 Å². The summed E-state index contributed by atoms with van der Waals surface area (Å²) in [5.74, 6) is -1.97. The molecule has 0 heterocycles. The molecule has 0 radical (unpaired) electrons. The monoisotopic (exact) mass is 362 g/mol. The number of aliphatic carboxylic acids is 1. The van der Waals surface area contributed by atoms with Gasteiger partial charge < -0.3 is 14.6 Å². The summed E-state index contributed by atoms with van der Waals surface area (Å²) in [5.41, 5.74) is 1.23. The second-order valence-electron chi connectivity index (χ2n) is 6.95. The minimum Gasteiger partial charge on any atom is -0.481 e. The maximum atomic E-state index is 11.7. The summed E-state index contributed by atoms with van der Waals surface area (Å²) in [5, 5.41) is 9.53. The molecule has 142 valence electrons. The molecule has 6 heteroatoms. The normalized spacial score (nSPS) is 15.8. The maximum Gasteiger partial charge on any atom is 0.337 e. The maximum absolute atomic E-state index is 11.7. The molecule has 1 aliphatic rings. The molecule has 0 amide bonds. The number of benzene rings is 1. The first-order chi connectivity index (χ1) is 12.4. The van der Waals surface area contributed by atoms with E-state index in [1.165, 1.54) is 7.11 Å². The predicted octanol–water partition coefficient (Wildman–Crippen LogP) is 3.23. The number of carboxylic acid groups (broad SMARTS) is 1. The van der Waals surface area contributed by atoms with Crippen LogP contribution in [-0.2, 0) is 25.5 Å². The first kappa shape index (κ1) is 19.9. The first-order valence-electron chi connectivity index (χ1n) is 8.95. The van der Waals surface area contributed by atoms with Gasteiger partial charge in [0, 0.05) is 0 Å². The van der Waals surface area contributed by atoms with Crippen molar-refractivity contribution in [2.45, 2.75) is 45.4 Å². The second-order valence-corrected chi connectivity index (χ2v) is 6.95. The lowest BCUT2D eigenvalue weighted by molar-refractivity contribution is -0.144. The average molecular weight is 362 g/mol. The van der Waals surface area contributed by atoms with Crippen LogP contribution in [0.25, 0.3) is 0 Å². The van der Waals surface area contributed by atoms with Crippen LogP contribution in [0.4, 0.5) is 0 Å². The van der Waals surface area contributed by atoms with Crippen molar-refractivity contribution < 1.29 is 29.0 Å². The van der Waals surface area contributed by atoms with Gasteiger partial charge in [-0.3, -0.25) is 9.59 Å². The van der Waals surface area contributed by atoms with Gasteiger partial charge in [-0.1, -0.05) is 12.1 Å². The highest BCUT2D eigenvalue weighted by atomic mass is 16.5. The largest absolute Gasteiger partial charge is 0.481 e. The SMILES string of the molecule is CCOC(=O)CC1(CCC(Cc2ccc(C(=O)OC)cc2)C(=O)O)CC1. The van der Waals surface area contributed by atoms with Gasteiger partial charge in [0.25, 0.3) is 0 Å². The first-order valence-corrected chi connectivity index (χ1v) is 8.95. The molecule has 1 aromatic rings. The lowest BCUT2D eigenvalue weighted by Gasteiger charge is -2.18. The van der Waals surface area contributed by atoms with Crippen molar-refractivity contribution >= 4 is 17.9 Å². The van der Waals surface area contributed by atoms with Crippen molar-refractivity contribution in [1.82, 2.24) is 0 Å². The summed E-state index contributed by atoms with van der Waals surface area (Å²) in [7, 11) is 1.32. The zero-order chi connectivity index (χ0) is 19.2. The van der Waals surface area contributed by atoms with Crippen LogP contribution in [0.5, 0.6) is 0 Å². The molecular weight excluding hydrogens is 336 g/mol. The molecular formula is C20H26O6. The third kappa shape index (κ3) is 5.58. The molecule has 1 aliphatic carbocycles. The van der Waals surface area contributed by atoms with E-state index in [9.17, 15) is 19.5 Å². The second kappa shape index (κ2) is 8.83. The number of hydrogen-bond acceptors (Lipinski definition) is 5. The minimum absolute atomic E-state index is 0.0747. The number of hydrogen-bond donors (Lipinski definition) is 1. The van der Waals surface area contributed by atoms with Crippen LogP contribution in [0, 0.1) is 11.3 Å². The minimum atomic E-state index is -0.839. The summed E-state index contributed by atoms with van der Waals surface area (Å²) in [6, 6.07) is 6.80. The van der Waals surface area contributed by atoms with Gasteiger partial charge in [0.15, 0.2) is 0 Å². The highest BCUT2D eigenvalue weighted by molar-refractivity contribution is 5.89. The molecule has 2 rings (SSSR count). The van der Waals surface area contributed by atoms with Crippen LogP contribution in [0.1, 0.15) is 54.9 Å². The Bertz CT molecular complexity index is 645. The summed E-state index contributed by atoms with van der Waals surface area (Å²) in [6.07, 6.45) is 3.90. The van der Waals surface area contributed by atoms with E-state index in [1.54, 1.807) is 31.2 Å². The Labute approximate surface area is 153 Å². The quantitative estimate of drug-likeness (QED) is 0.643. The van der Waals surface area contributed by atoms with Crippen LogP contribution in [-0.4, -0.2) is 36.7 Å². The van der Waals surface area contributed by atoms with E-state index >= 15 is 0 Å². The van der Waals surface area contributed by atoms with Crippen LogP contribution >= 0.6 is 0 Å². The van der Waals surface area contributed by atoms with Gasteiger partial charge in [0.05, 0.1) is 31.6 Å². The molecule has 0 spiro atoms. The molecule has 0 aromatic heterocycles.